The van der Waals surface area contributed by atoms with Crippen LogP contribution in [0.1, 0.15) is 18.7 Å². The molecule has 0 aliphatic carbocycles. The van der Waals surface area contributed by atoms with Crippen molar-refractivity contribution >= 4 is 15.9 Å². The fourth-order valence-corrected chi connectivity index (χ4v) is 1.42. The molecule has 0 radical (unpaired) electrons. The summed E-state index contributed by atoms with van der Waals surface area (Å²) in [4.78, 5) is 3.54. The van der Waals surface area contributed by atoms with Gasteiger partial charge in [-0.25, -0.2) is 8.78 Å². The molecule has 1 atom stereocenters. The Kier molecular flexibility index (Phi) is 2.54. The normalized spacial score (nSPS) is 13.1. The first-order valence-corrected chi connectivity index (χ1v) is 3.85. The van der Waals surface area contributed by atoms with Crippen molar-refractivity contribution in [2.75, 3.05) is 0 Å². The third-order valence-electron chi connectivity index (χ3n) is 1.29. The molecule has 0 aromatic carbocycles. The van der Waals surface area contributed by atoms with E-state index in [1.165, 1.54) is 13.1 Å². The van der Waals surface area contributed by atoms with Gasteiger partial charge in [0.2, 0.25) is 0 Å². The van der Waals surface area contributed by atoms with Crippen LogP contribution in [-0.2, 0) is 0 Å². The minimum absolute atomic E-state index is 0.0278. The van der Waals surface area contributed by atoms with Gasteiger partial charge in [-0.05, 0) is 22.9 Å². The fourth-order valence-electron chi connectivity index (χ4n) is 0.801. The van der Waals surface area contributed by atoms with E-state index in [1.54, 1.807) is 0 Å². The van der Waals surface area contributed by atoms with Crippen molar-refractivity contribution in [1.29, 1.82) is 0 Å². The number of aromatic nitrogens is 1. The second-order valence-corrected chi connectivity index (χ2v) is 2.99. The topological polar surface area (TPSA) is 12.9 Å². The Labute approximate surface area is 71.6 Å². The molecule has 0 fully saturated rings. The van der Waals surface area contributed by atoms with Gasteiger partial charge in [0.1, 0.15) is 12.0 Å². The summed E-state index contributed by atoms with van der Waals surface area (Å²) < 4.78 is 25.8. The van der Waals surface area contributed by atoms with Crippen LogP contribution < -0.4 is 0 Å². The van der Waals surface area contributed by atoms with Crippen LogP contribution in [0.2, 0.25) is 0 Å². The Bertz CT molecular complexity index is 242. The van der Waals surface area contributed by atoms with Gasteiger partial charge in [0, 0.05) is 16.2 Å². The summed E-state index contributed by atoms with van der Waals surface area (Å²) in [5.41, 5.74) is 0.0278. The Hall–Kier alpha value is -0.510. The van der Waals surface area contributed by atoms with E-state index in [1.807, 2.05) is 0 Å². The monoisotopic (exact) mass is 221 g/mol. The maximum atomic E-state index is 12.8. The zero-order chi connectivity index (χ0) is 8.43. The van der Waals surface area contributed by atoms with Gasteiger partial charge < -0.3 is 0 Å². The van der Waals surface area contributed by atoms with Crippen LogP contribution in [0.5, 0.6) is 0 Å². The van der Waals surface area contributed by atoms with Crippen molar-refractivity contribution in [2.24, 2.45) is 0 Å². The van der Waals surface area contributed by atoms with Crippen LogP contribution in [0.4, 0.5) is 8.78 Å². The molecule has 0 aliphatic rings. The molecule has 1 aromatic rings. The van der Waals surface area contributed by atoms with E-state index in [-0.39, 0.29) is 5.56 Å². The average Bonchev–Trinajstić information content (AvgIpc) is 1.85. The van der Waals surface area contributed by atoms with Crippen LogP contribution in [0.15, 0.2) is 16.9 Å². The van der Waals surface area contributed by atoms with Crippen molar-refractivity contribution in [3.8, 4) is 0 Å². The number of rotatable bonds is 1. The predicted molar refractivity (Wildman–Crippen MR) is 41.4 cm³/mol. The largest absolute Gasteiger partial charge is 0.260 e. The van der Waals surface area contributed by atoms with Gasteiger partial charge in [-0.2, -0.15) is 0 Å². The molecule has 0 spiro atoms. The summed E-state index contributed by atoms with van der Waals surface area (Å²) in [6, 6.07) is 0. The summed E-state index contributed by atoms with van der Waals surface area (Å²) >= 11 is 3.01. The maximum absolute atomic E-state index is 12.8. The van der Waals surface area contributed by atoms with Crippen LogP contribution in [0.25, 0.3) is 0 Å². The summed E-state index contributed by atoms with van der Waals surface area (Å²) in [7, 11) is 0. The van der Waals surface area contributed by atoms with Gasteiger partial charge in [0.15, 0.2) is 0 Å². The van der Waals surface area contributed by atoms with Gasteiger partial charge in [0.05, 0.1) is 6.20 Å². The van der Waals surface area contributed by atoms with Gasteiger partial charge in [0.25, 0.3) is 0 Å². The second kappa shape index (κ2) is 3.26. The molecule has 0 aliphatic heterocycles. The molecule has 0 saturated heterocycles. The molecule has 60 valence electrons. The van der Waals surface area contributed by atoms with Crippen molar-refractivity contribution < 1.29 is 8.78 Å². The van der Waals surface area contributed by atoms with Crippen LogP contribution in [0, 0.1) is 5.82 Å². The first-order chi connectivity index (χ1) is 5.13. The molecule has 11 heavy (non-hydrogen) atoms. The lowest BCUT2D eigenvalue weighted by molar-refractivity contribution is 0.359. The Morgan fingerprint density at radius 1 is 1.55 bits per heavy atom. The lowest BCUT2D eigenvalue weighted by Gasteiger charge is -2.04. The molecular formula is C7H6BrF2N. The van der Waals surface area contributed by atoms with E-state index in [2.05, 4.69) is 20.9 Å². The highest BCUT2D eigenvalue weighted by Gasteiger charge is 2.13. The zero-order valence-corrected chi connectivity index (χ0v) is 7.40. The molecule has 0 N–H and O–H groups in total. The summed E-state index contributed by atoms with van der Waals surface area (Å²) in [5.74, 6) is -0.616. The Balaban J connectivity index is 3.21. The fraction of sp³-hybridized carbons (Fsp3) is 0.286. The molecule has 1 aromatic heterocycles. The smallest absolute Gasteiger partial charge is 0.148 e. The lowest BCUT2D eigenvalue weighted by atomic mass is 10.2. The molecule has 0 saturated carbocycles. The highest BCUT2D eigenvalue weighted by atomic mass is 79.9. The summed E-state index contributed by atoms with van der Waals surface area (Å²) in [6.07, 6.45) is 1.05. The number of hydrogen-bond acceptors (Lipinski definition) is 1. The van der Waals surface area contributed by atoms with Crippen LogP contribution in [-0.4, -0.2) is 4.98 Å². The Morgan fingerprint density at radius 3 is 2.55 bits per heavy atom. The van der Waals surface area contributed by atoms with E-state index in [0.717, 1.165) is 6.20 Å². The molecule has 0 bridgehead atoms. The first-order valence-electron chi connectivity index (χ1n) is 3.06. The second-order valence-electron chi connectivity index (χ2n) is 2.13. The minimum atomic E-state index is -1.31. The number of halogens is 3. The lowest BCUT2D eigenvalue weighted by Crippen LogP contribution is -1.94. The average molecular weight is 222 g/mol. The van der Waals surface area contributed by atoms with Gasteiger partial charge in [-0.1, -0.05) is 0 Å². The van der Waals surface area contributed by atoms with E-state index in [9.17, 15) is 8.78 Å². The number of hydrogen-bond donors (Lipinski definition) is 0. The summed E-state index contributed by atoms with van der Waals surface area (Å²) in [5, 5.41) is 0. The molecule has 1 unspecified atom stereocenters. The predicted octanol–water partition coefficient (Wildman–Crippen LogP) is 3.01. The SMILES string of the molecule is CC(F)c1c(F)cncc1Br. The van der Waals surface area contributed by atoms with E-state index < -0.39 is 12.0 Å². The highest BCUT2D eigenvalue weighted by Crippen LogP contribution is 2.26. The molecule has 1 heterocycles. The third-order valence-corrected chi connectivity index (χ3v) is 1.92. The third kappa shape index (κ3) is 1.74. The van der Waals surface area contributed by atoms with Gasteiger partial charge in [-0.15, -0.1) is 0 Å². The van der Waals surface area contributed by atoms with Crippen molar-refractivity contribution in [3.05, 3.63) is 28.2 Å². The molecular weight excluding hydrogens is 216 g/mol. The quantitative estimate of drug-likeness (QED) is 0.711. The molecule has 1 rings (SSSR count). The first kappa shape index (κ1) is 8.59. The van der Waals surface area contributed by atoms with Crippen molar-refractivity contribution in [3.63, 3.8) is 0 Å². The standard InChI is InChI=1S/C7H6BrF2N/c1-4(9)7-5(8)2-11-3-6(7)10/h2-4H,1H3. The highest BCUT2D eigenvalue weighted by molar-refractivity contribution is 9.10. The van der Waals surface area contributed by atoms with E-state index in [0.29, 0.717) is 4.47 Å². The number of alkyl halides is 1. The van der Waals surface area contributed by atoms with Gasteiger partial charge >= 0.3 is 0 Å². The molecule has 1 nitrogen and oxygen atoms in total. The van der Waals surface area contributed by atoms with E-state index in [4.69, 9.17) is 0 Å². The van der Waals surface area contributed by atoms with Crippen molar-refractivity contribution in [2.45, 2.75) is 13.1 Å². The minimum Gasteiger partial charge on any atom is -0.260 e. The summed E-state index contributed by atoms with van der Waals surface area (Å²) in [6.45, 7) is 1.28. The number of pyridine rings is 1. The number of nitrogens with zero attached hydrogens (tertiary/aromatic N) is 1. The van der Waals surface area contributed by atoms with Crippen LogP contribution in [0.3, 0.4) is 0 Å². The molecule has 4 heteroatoms. The Morgan fingerprint density at radius 2 is 2.18 bits per heavy atom. The van der Waals surface area contributed by atoms with E-state index >= 15 is 0 Å². The maximum Gasteiger partial charge on any atom is 0.148 e. The zero-order valence-electron chi connectivity index (χ0n) is 5.81. The van der Waals surface area contributed by atoms with Crippen LogP contribution >= 0.6 is 15.9 Å². The van der Waals surface area contributed by atoms with Gasteiger partial charge in [-0.3, -0.25) is 4.98 Å². The molecule has 0 amide bonds. The van der Waals surface area contributed by atoms with Crippen molar-refractivity contribution in [1.82, 2.24) is 4.98 Å².